The smallest absolute Gasteiger partial charge is 0.337 e. The van der Waals surface area contributed by atoms with Crippen molar-refractivity contribution in [3.05, 3.63) is 34.3 Å². The Morgan fingerprint density at radius 3 is 2.86 bits per heavy atom. The number of benzene rings is 1. The van der Waals surface area contributed by atoms with Gasteiger partial charge in [-0.25, -0.2) is 4.79 Å². The summed E-state index contributed by atoms with van der Waals surface area (Å²) in [6.45, 7) is 5.31. The molecule has 1 spiro atoms. The molecule has 2 aliphatic heterocycles. The lowest BCUT2D eigenvalue weighted by atomic mass is 9.78. The minimum atomic E-state index is -0.311. The highest BCUT2D eigenvalue weighted by molar-refractivity contribution is 6.31. The molecule has 22 heavy (non-hydrogen) atoms. The number of rotatable bonds is 3. The number of likely N-dealkylation sites (tertiary alicyclic amines) is 1. The number of nitrogens with zero attached hydrogens (tertiary/aromatic N) is 1. The number of hydrogen-bond donors (Lipinski definition) is 1. The van der Waals surface area contributed by atoms with Gasteiger partial charge >= 0.3 is 5.97 Å². The number of piperidine rings is 1. The van der Waals surface area contributed by atoms with Crippen molar-refractivity contribution in [3.63, 3.8) is 0 Å². The first kappa shape index (κ1) is 15.8. The van der Waals surface area contributed by atoms with Crippen molar-refractivity contribution in [2.24, 2.45) is 5.41 Å². The topological polar surface area (TPSA) is 41.6 Å². The van der Waals surface area contributed by atoms with Gasteiger partial charge in [0.05, 0.1) is 12.7 Å². The van der Waals surface area contributed by atoms with Crippen molar-refractivity contribution in [1.82, 2.24) is 10.2 Å². The van der Waals surface area contributed by atoms with Crippen molar-refractivity contribution < 1.29 is 9.53 Å². The number of carbonyl (C=O) groups excluding carboxylic acids is 1. The molecule has 2 aliphatic rings. The van der Waals surface area contributed by atoms with E-state index in [2.05, 4.69) is 10.2 Å². The van der Waals surface area contributed by atoms with E-state index < -0.39 is 0 Å². The summed E-state index contributed by atoms with van der Waals surface area (Å²) in [6, 6.07) is 5.37. The van der Waals surface area contributed by atoms with Gasteiger partial charge in [-0.3, -0.25) is 4.90 Å². The molecule has 3 rings (SSSR count). The van der Waals surface area contributed by atoms with Gasteiger partial charge in [0.1, 0.15) is 0 Å². The lowest BCUT2D eigenvalue weighted by molar-refractivity contribution is 0.0600. The van der Waals surface area contributed by atoms with E-state index in [1.54, 1.807) is 12.1 Å². The maximum Gasteiger partial charge on any atom is 0.337 e. The Morgan fingerprint density at radius 1 is 1.36 bits per heavy atom. The summed E-state index contributed by atoms with van der Waals surface area (Å²) in [4.78, 5) is 14.1. The fourth-order valence-electron chi connectivity index (χ4n) is 3.71. The van der Waals surface area contributed by atoms with E-state index in [4.69, 9.17) is 16.3 Å². The van der Waals surface area contributed by atoms with Crippen LogP contribution in [-0.2, 0) is 11.3 Å². The van der Waals surface area contributed by atoms with Gasteiger partial charge in [-0.05, 0) is 68.1 Å². The molecule has 5 heteroatoms. The molecular weight excluding hydrogens is 300 g/mol. The van der Waals surface area contributed by atoms with E-state index in [9.17, 15) is 4.79 Å². The van der Waals surface area contributed by atoms with Gasteiger partial charge in [0.25, 0.3) is 0 Å². The molecule has 0 radical (unpaired) electrons. The molecule has 0 amide bonds. The fourth-order valence-corrected chi connectivity index (χ4v) is 3.89. The van der Waals surface area contributed by atoms with Crippen LogP contribution < -0.4 is 5.32 Å². The number of hydrogen-bond acceptors (Lipinski definition) is 4. The summed E-state index contributed by atoms with van der Waals surface area (Å²) < 4.78 is 4.79. The second-order valence-electron chi connectivity index (χ2n) is 6.51. The zero-order valence-corrected chi connectivity index (χ0v) is 13.8. The Kier molecular flexibility index (Phi) is 4.71. The molecule has 0 bridgehead atoms. The van der Waals surface area contributed by atoms with E-state index in [0.29, 0.717) is 11.0 Å². The van der Waals surface area contributed by atoms with Crippen LogP contribution in [0.2, 0.25) is 5.02 Å². The molecule has 0 unspecified atom stereocenters. The summed E-state index contributed by atoms with van der Waals surface area (Å²) in [6.07, 6.45) is 3.79. The predicted molar refractivity (Wildman–Crippen MR) is 87.2 cm³/mol. The quantitative estimate of drug-likeness (QED) is 0.869. The lowest BCUT2D eigenvalue weighted by Gasteiger charge is -2.34. The molecule has 1 aromatic rings. The lowest BCUT2D eigenvalue weighted by Crippen LogP contribution is -2.38. The molecule has 120 valence electrons. The van der Waals surface area contributed by atoms with E-state index in [1.807, 2.05) is 6.07 Å². The SMILES string of the molecule is COC(=O)c1ccc(Cl)c(CN2CCC3(CCNCC3)C2)c1. The number of carbonyl (C=O) groups is 1. The number of esters is 1. The van der Waals surface area contributed by atoms with Crippen LogP contribution in [0.5, 0.6) is 0 Å². The highest BCUT2D eigenvalue weighted by Gasteiger charge is 2.38. The third kappa shape index (κ3) is 3.29. The van der Waals surface area contributed by atoms with Crippen molar-refractivity contribution in [3.8, 4) is 0 Å². The Bertz CT molecular complexity index is 556. The maximum atomic E-state index is 11.7. The Balaban J connectivity index is 1.69. The average Bonchev–Trinajstić information content (AvgIpc) is 2.91. The Labute approximate surface area is 136 Å². The van der Waals surface area contributed by atoms with Crippen LogP contribution in [0.1, 0.15) is 35.2 Å². The molecule has 0 aliphatic carbocycles. The second kappa shape index (κ2) is 6.57. The second-order valence-corrected chi connectivity index (χ2v) is 6.92. The first-order valence-electron chi connectivity index (χ1n) is 7.92. The first-order valence-corrected chi connectivity index (χ1v) is 8.30. The third-order valence-corrected chi connectivity index (χ3v) is 5.41. The van der Waals surface area contributed by atoms with E-state index in [0.717, 1.165) is 43.3 Å². The summed E-state index contributed by atoms with van der Waals surface area (Å²) >= 11 is 6.31. The van der Waals surface area contributed by atoms with Crippen LogP contribution in [0.3, 0.4) is 0 Å². The van der Waals surface area contributed by atoms with Gasteiger partial charge in [-0.1, -0.05) is 11.6 Å². The first-order chi connectivity index (χ1) is 10.6. The zero-order chi connectivity index (χ0) is 15.6. The van der Waals surface area contributed by atoms with Gasteiger partial charge in [0.15, 0.2) is 0 Å². The third-order valence-electron chi connectivity index (χ3n) is 5.04. The number of ether oxygens (including phenoxy) is 1. The van der Waals surface area contributed by atoms with Gasteiger partial charge in [0.2, 0.25) is 0 Å². The summed E-state index contributed by atoms with van der Waals surface area (Å²) in [5, 5.41) is 4.17. The van der Waals surface area contributed by atoms with Gasteiger partial charge in [-0.15, -0.1) is 0 Å². The van der Waals surface area contributed by atoms with Crippen LogP contribution in [0.4, 0.5) is 0 Å². The largest absolute Gasteiger partial charge is 0.465 e. The summed E-state index contributed by atoms with van der Waals surface area (Å²) in [7, 11) is 1.40. The molecule has 2 heterocycles. The molecule has 0 aromatic heterocycles. The van der Waals surface area contributed by atoms with Crippen LogP contribution in [0.25, 0.3) is 0 Å². The standard InChI is InChI=1S/C17H23ClN2O2/c1-22-16(21)13-2-3-15(18)14(10-13)11-20-9-6-17(12-20)4-7-19-8-5-17/h2-3,10,19H,4-9,11-12H2,1H3. The highest BCUT2D eigenvalue weighted by atomic mass is 35.5. The number of halogens is 1. The minimum absolute atomic E-state index is 0.311. The minimum Gasteiger partial charge on any atom is -0.465 e. The van der Waals surface area contributed by atoms with Crippen LogP contribution in [0.15, 0.2) is 18.2 Å². The molecule has 1 aromatic carbocycles. The van der Waals surface area contributed by atoms with Crippen molar-refractivity contribution in [1.29, 1.82) is 0 Å². The normalized spacial score (nSPS) is 21.2. The van der Waals surface area contributed by atoms with Crippen molar-refractivity contribution in [2.75, 3.05) is 33.3 Å². The number of methoxy groups -OCH3 is 1. The molecule has 4 nitrogen and oxygen atoms in total. The highest BCUT2D eigenvalue weighted by Crippen LogP contribution is 2.39. The van der Waals surface area contributed by atoms with Gasteiger partial charge in [0, 0.05) is 18.1 Å². The van der Waals surface area contributed by atoms with Crippen molar-refractivity contribution in [2.45, 2.75) is 25.8 Å². The maximum absolute atomic E-state index is 11.7. The monoisotopic (exact) mass is 322 g/mol. The Hall–Kier alpha value is -1.10. The molecule has 2 saturated heterocycles. The molecule has 0 atom stereocenters. The molecular formula is C17H23ClN2O2. The van der Waals surface area contributed by atoms with Crippen molar-refractivity contribution >= 4 is 17.6 Å². The van der Waals surface area contributed by atoms with E-state index in [-0.39, 0.29) is 5.97 Å². The fraction of sp³-hybridized carbons (Fsp3) is 0.588. The van der Waals surface area contributed by atoms with E-state index >= 15 is 0 Å². The Morgan fingerprint density at radius 2 is 2.14 bits per heavy atom. The number of nitrogens with one attached hydrogen (secondary N) is 1. The predicted octanol–water partition coefficient (Wildman–Crippen LogP) is 2.70. The van der Waals surface area contributed by atoms with Crippen LogP contribution in [-0.4, -0.2) is 44.2 Å². The summed E-state index contributed by atoms with van der Waals surface area (Å²) in [5.74, 6) is -0.311. The molecule has 2 fully saturated rings. The van der Waals surface area contributed by atoms with Crippen LogP contribution >= 0.6 is 11.6 Å². The van der Waals surface area contributed by atoms with Gasteiger partial charge < -0.3 is 10.1 Å². The molecule has 0 saturated carbocycles. The van der Waals surface area contributed by atoms with E-state index in [1.165, 1.54) is 26.4 Å². The zero-order valence-electron chi connectivity index (χ0n) is 13.0. The van der Waals surface area contributed by atoms with Crippen LogP contribution in [0, 0.1) is 5.41 Å². The molecule has 1 N–H and O–H groups in total. The summed E-state index contributed by atoms with van der Waals surface area (Å²) in [5.41, 5.74) is 2.06. The average molecular weight is 323 g/mol. The van der Waals surface area contributed by atoms with Gasteiger partial charge in [-0.2, -0.15) is 0 Å².